The molecule has 1 rings (SSSR count). The lowest BCUT2D eigenvalue weighted by molar-refractivity contribution is 0.0790. The minimum atomic E-state index is -0.0347. The van der Waals surface area contributed by atoms with E-state index in [0.717, 1.165) is 13.0 Å². The van der Waals surface area contributed by atoms with Gasteiger partial charge in [0.2, 0.25) is 0 Å². The van der Waals surface area contributed by atoms with Gasteiger partial charge in [0, 0.05) is 26.0 Å². The van der Waals surface area contributed by atoms with E-state index in [1.165, 1.54) is 0 Å². The highest BCUT2D eigenvalue weighted by atomic mass is 16.2. The van der Waals surface area contributed by atoms with Crippen LogP contribution in [0.5, 0.6) is 0 Å². The first-order valence-electron chi connectivity index (χ1n) is 6.59. The van der Waals surface area contributed by atoms with E-state index in [1.54, 1.807) is 30.4 Å². The predicted molar refractivity (Wildman–Crippen MR) is 80.3 cm³/mol. The molecule has 0 spiro atoms. The average molecular weight is 274 g/mol. The molecule has 1 aromatic rings. The van der Waals surface area contributed by atoms with Crippen molar-refractivity contribution in [3.8, 4) is 11.8 Å². The maximum Gasteiger partial charge on any atom is 0.254 e. The van der Waals surface area contributed by atoms with E-state index in [4.69, 9.17) is 5.73 Å². The Hall–Kier alpha value is -1.90. The van der Waals surface area contributed by atoms with Crippen LogP contribution in [0.25, 0.3) is 0 Å². The normalized spacial score (nSPS) is 10.1. The second-order valence-electron chi connectivity index (χ2n) is 4.81. The summed E-state index contributed by atoms with van der Waals surface area (Å²) < 4.78 is 0. The summed E-state index contributed by atoms with van der Waals surface area (Å²) in [6.45, 7) is 1.93. The van der Waals surface area contributed by atoms with Crippen molar-refractivity contribution in [1.29, 1.82) is 0 Å². The highest BCUT2D eigenvalue weighted by Gasteiger charge is 2.14. The Morgan fingerprint density at radius 2 is 2.10 bits per heavy atom. The monoisotopic (exact) mass is 274 g/mol. The Bertz CT molecular complexity index is 502. The lowest BCUT2D eigenvalue weighted by Gasteiger charge is -2.19. The summed E-state index contributed by atoms with van der Waals surface area (Å²) in [6.07, 6.45) is 4.14. The molecule has 0 bridgehead atoms. The summed E-state index contributed by atoms with van der Waals surface area (Å²) >= 11 is 0. The molecule has 108 valence electrons. The number of hydrogen-bond donors (Lipinski definition) is 1. The minimum Gasteiger partial charge on any atom is -0.342 e. The van der Waals surface area contributed by atoms with Gasteiger partial charge in [0.1, 0.15) is 0 Å². The third-order valence-electron chi connectivity index (χ3n) is 2.82. The van der Waals surface area contributed by atoms with Crippen LogP contribution < -0.4 is 5.73 Å². The summed E-state index contributed by atoms with van der Waals surface area (Å²) in [5, 5.41) is 0. The summed E-state index contributed by atoms with van der Waals surface area (Å²) in [6, 6.07) is 1.70. The molecule has 0 aromatic carbocycles. The van der Waals surface area contributed by atoms with Crippen LogP contribution in [0, 0.1) is 11.8 Å². The number of carbonyl (C=O) groups is 1. The Kier molecular flexibility index (Phi) is 6.71. The first-order chi connectivity index (χ1) is 9.56. The fourth-order valence-electron chi connectivity index (χ4n) is 1.76. The van der Waals surface area contributed by atoms with Crippen molar-refractivity contribution in [1.82, 2.24) is 14.8 Å². The van der Waals surface area contributed by atoms with Crippen molar-refractivity contribution >= 4 is 5.91 Å². The lowest BCUT2D eigenvalue weighted by Crippen LogP contribution is -2.30. The molecule has 1 heterocycles. The van der Waals surface area contributed by atoms with Gasteiger partial charge in [0.15, 0.2) is 0 Å². The van der Waals surface area contributed by atoms with Crippen LogP contribution in [-0.4, -0.2) is 61.5 Å². The van der Waals surface area contributed by atoms with Gasteiger partial charge in [-0.3, -0.25) is 9.78 Å². The van der Waals surface area contributed by atoms with Gasteiger partial charge in [-0.15, -0.1) is 0 Å². The number of hydrogen-bond acceptors (Lipinski definition) is 4. The number of amides is 1. The molecule has 0 aliphatic carbocycles. The molecular formula is C15H22N4O. The van der Waals surface area contributed by atoms with Crippen LogP contribution in [0.1, 0.15) is 22.3 Å². The zero-order valence-electron chi connectivity index (χ0n) is 12.4. The number of rotatable bonds is 5. The molecule has 20 heavy (non-hydrogen) atoms. The number of nitrogens with zero attached hydrogens (tertiary/aromatic N) is 3. The maximum atomic E-state index is 12.4. The van der Waals surface area contributed by atoms with Gasteiger partial charge in [0.05, 0.1) is 17.7 Å². The maximum absolute atomic E-state index is 12.4. The van der Waals surface area contributed by atoms with E-state index in [2.05, 4.69) is 21.7 Å². The summed E-state index contributed by atoms with van der Waals surface area (Å²) in [7, 11) is 5.84. The van der Waals surface area contributed by atoms with Gasteiger partial charge in [-0.1, -0.05) is 11.8 Å². The lowest BCUT2D eigenvalue weighted by atomic mass is 10.1. The van der Waals surface area contributed by atoms with Crippen molar-refractivity contribution < 1.29 is 4.79 Å². The summed E-state index contributed by atoms with van der Waals surface area (Å²) in [5.41, 5.74) is 6.57. The van der Waals surface area contributed by atoms with E-state index in [0.29, 0.717) is 17.7 Å². The molecule has 5 nitrogen and oxygen atoms in total. The molecular weight excluding hydrogens is 252 g/mol. The molecule has 0 radical (unpaired) electrons. The third kappa shape index (κ3) is 5.00. The number of carbonyl (C=O) groups excluding carboxylic acids is 1. The van der Waals surface area contributed by atoms with Gasteiger partial charge >= 0.3 is 0 Å². The van der Waals surface area contributed by atoms with Crippen molar-refractivity contribution in [2.24, 2.45) is 5.73 Å². The number of pyridine rings is 1. The topological polar surface area (TPSA) is 62.5 Å². The van der Waals surface area contributed by atoms with E-state index in [1.807, 2.05) is 14.1 Å². The van der Waals surface area contributed by atoms with Crippen LogP contribution in [0.15, 0.2) is 18.5 Å². The fourth-order valence-corrected chi connectivity index (χ4v) is 1.76. The van der Waals surface area contributed by atoms with Crippen molar-refractivity contribution in [2.45, 2.75) is 6.42 Å². The third-order valence-corrected chi connectivity index (χ3v) is 2.82. The first kappa shape index (κ1) is 16.2. The van der Waals surface area contributed by atoms with Gasteiger partial charge in [-0.05, 0) is 33.1 Å². The molecule has 5 heteroatoms. The summed E-state index contributed by atoms with van der Waals surface area (Å²) in [5.74, 6) is 5.61. The van der Waals surface area contributed by atoms with Crippen LogP contribution in [0.3, 0.4) is 0 Å². The van der Waals surface area contributed by atoms with Crippen LogP contribution >= 0.6 is 0 Å². The molecule has 0 atom stereocenters. The van der Waals surface area contributed by atoms with Gasteiger partial charge < -0.3 is 15.5 Å². The van der Waals surface area contributed by atoms with E-state index in [-0.39, 0.29) is 12.5 Å². The zero-order valence-corrected chi connectivity index (χ0v) is 12.4. The largest absolute Gasteiger partial charge is 0.342 e. The van der Waals surface area contributed by atoms with Gasteiger partial charge in [-0.25, -0.2) is 0 Å². The Morgan fingerprint density at radius 1 is 1.35 bits per heavy atom. The molecule has 2 N–H and O–H groups in total. The highest BCUT2D eigenvalue weighted by molar-refractivity contribution is 5.96. The second-order valence-corrected chi connectivity index (χ2v) is 4.81. The van der Waals surface area contributed by atoms with Crippen LogP contribution in [0.2, 0.25) is 0 Å². The van der Waals surface area contributed by atoms with Gasteiger partial charge in [0.25, 0.3) is 5.91 Å². The predicted octanol–water partition coefficient (Wildman–Crippen LogP) is 0.416. The van der Waals surface area contributed by atoms with E-state index < -0.39 is 0 Å². The van der Waals surface area contributed by atoms with Crippen LogP contribution in [-0.2, 0) is 0 Å². The SMILES string of the molecule is CN(C)CCCN(C)C(=O)c1ccncc1C#CCN. The Balaban J connectivity index is 2.76. The van der Waals surface area contributed by atoms with Gasteiger partial charge in [-0.2, -0.15) is 0 Å². The van der Waals surface area contributed by atoms with Crippen LogP contribution in [0.4, 0.5) is 0 Å². The number of nitrogens with two attached hydrogens (primary N) is 1. The zero-order chi connectivity index (χ0) is 15.0. The highest BCUT2D eigenvalue weighted by Crippen LogP contribution is 2.09. The molecule has 0 aliphatic rings. The second kappa shape index (κ2) is 8.31. The average Bonchev–Trinajstić information content (AvgIpc) is 2.44. The molecule has 0 fully saturated rings. The summed E-state index contributed by atoms with van der Waals surface area (Å²) in [4.78, 5) is 20.2. The molecule has 0 aliphatic heterocycles. The van der Waals surface area contributed by atoms with Crippen molar-refractivity contribution in [2.75, 3.05) is 40.8 Å². The van der Waals surface area contributed by atoms with Crippen molar-refractivity contribution in [3.63, 3.8) is 0 Å². The Morgan fingerprint density at radius 3 is 2.75 bits per heavy atom. The molecule has 0 unspecified atom stereocenters. The fraction of sp³-hybridized carbons (Fsp3) is 0.467. The minimum absolute atomic E-state index is 0.0347. The number of aromatic nitrogens is 1. The smallest absolute Gasteiger partial charge is 0.254 e. The molecule has 1 aromatic heterocycles. The molecule has 0 saturated heterocycles. The molecule has 1 amide bonds. The van der Waals surface area contributed by atoms with E-state index >= 15 is 0 Å². The Labute approximate surface area is 120 Å². The standard InChI is InChI=1S/C15H22N4O/c1-18(2)10-5-11-19(3)15(20)14-7-9-17-12-13(14)6-4-8-16/h7,9,12H,5,8,10-11,16H2,1-3H3. The van der Waals surface area contributed by atoms with Crippen molar-refractivity contribution in [3.05, 3.63) is 29.6 Å². The van der Waals surface area contributed by atoms with E-state index in [9.17, 15) is 4.79 Å². The quantitative estimate of drug-likeness (QED) is 0.790. The molecule has 0 saturated carbocycles. The first-order valence-corrected chi connectivity index (χ1v) is 6.59.